The quantitative estimate of drug-likeness (QED) is 0.804. The minimum atomic E-state index is -0.483. The van der Waals surface area contributed by atoms with Crippen molar-refractivity contribution in [1.29, 1.82) is 0 Å². The summed E-state index contributed by atoms with van der Waals surface area (Å²) in [7, 11) is 1.68. The first-order valence-electron chi connectivity index (χ1n) is 10.3. The zero-order valence-corrected chi connectivity index (χ0v) is 17.8. The highest BCUT2D eigenvalue weighted by atomic mass is 35.5. The van der Waals surface area contributed by atoms with E-state index in [4.69, 9.17) is 11.6 Å². The highest BCUT2D eigenvalue weighted by molar-refractivity contribution is 6.30. The van der Waals surface area contributed by atoms with E-state index in [1.807, 2.05) is 9.80 Å². The summed E-state index contributed by atoms with van der Waals surface area (Å²) in [5.74, 6) is 0.284. The molecule has 3 fully saturated rings. The van der Waals surface area contributed by atoms with Crippen LogP contribution in [0.4, 0.5) is 0 Å². The summed E-state index contributed by atoms with van der Waals surface area (Å²) in [5.41, 5.74) is 0.191. The van der Waals surface area contributed by atoms with Gasteiger partial charge in [0.1, 0.15) is 0 Å². The van der Waals surface area contributed by atoms with Crippen molar-refractivity contribution in [3.05, 3.63) is 34.9 Å². The molecule has 2 aliphatic heterocycles. The van der Waals surface area contributed by atoms with Crippen LogP contribution in [0.1, 0.15) is 43.0 Å². The van der Waals surface area contributed by atoms with Crippen LogP contribution < -0.4 is 5.32 Å². The molecule has 3 amide bonds. The van der Waals surface area contributed by atoms with E-state index in [-0.39, 0.29) is 29.1 Å². The fraction of sp³-hybridized carbons (Fsp3) is 0.591. The van der Waals surface area contributed by atoms with E-state index in [1.165, 1.54) is 0 Å². The van der Waals surface area contributed by atoms with Crippen LogP contribution in [0, 0.1) is 16.7 Å². The van der Waals surface area contributed by atoms with E-state index in [1.54, 1.807) is 38.2 Å². The smallest absolute Gasteiger partial charge is 0.253 e. The summed E-state index contributed by atoms with van der Waals surface area (Å²) < 4.78 is 0. The molecule has 3 aliphatic rings. The number of carbonyl (C=O) groups excluding carboxylic acids is 3. The monoisotopic (exact) mass is 417 g/mol. The van der Waals surface area contributed by atoms with Gasteiger partial charge in [0, 0.05) is 50.7 Å². The molecule has 0 unspecified atom stereocenters. The Labute approximate surface area is 176 Å². The third kappa shape index (κ3) is 3.21. The fourth-order valence-electron chi connectivity index (χ4n) is 5.95. The number of hydrogen-bond acceptors (Lipinski definition) is 3. The topological polar surface area (TPSA) is 69.7 Å². The summed E-state index contributed by atoms with van der Waals surface area (Å²) in [5, 5.41) is 3.47. The predicted molar refractivity (Wildman–Crippen MR) is 111 cm³/mol. The van der Waals surface area contributed by atoms with Gasteiger partial charge in [-0.05, 0) is 61.3 Å². The standard InChI is InChI=1S/C22H28ClN3O3/c1-15(27)26-13-18-21(7-8-22(18,14-26)20(29)24-2)9-11-25(12-10-21)19(28)16-3-5-17(23)6-4-16/h3-6,18H,7-14H2,1-2H3,(H,24,29)/t18-,22+/m0/s1. The number of piperidine rings is 1. The Morgan fingerprint density at radius 3 is 2.28 bits per heavy atom. The van der Waals surface area contributed by atoms with E-state index in [2.05, 4.69) is 5.32 Å². The molecule has 2 atom stereocenters. The molecule has 0 radical (unpaired) electrons. The number of nitrogens with one attached hydrogen (secondary N) is 1. The third-order valence-corrected chi connectivity index (χ3v) is 7.87. The molecular formula is C22H28ClN3O3. The van der Waals surface area contributed by atoms with Crippen LogP contribution >= 0.6 is 11.6 Å². The molecule has 29 heavy (non-hydrogen) atoms. The average molecular weight is 418 g/mol. The van der Waals surface area contributed by atoms with Crippen LogP contribution in [-0.2, 0) is 9.59 Å². The molecule has 2 heterocycles. The Hall–Kier alpha value is -2.08. The molecule has 1 aliphatic carbocycles. The number of amides is 3. The van der Waals surface area contributed by atoms with E-state index in [0.29, 0.717) is 36.8 Å². The lowest BCUT2D eigenvalue weighted by atomic mass is 9.65. The van der Waals surface area contributed by atoms with Gasteiger partial charge in [-0.2, -0.15) is 0 Å². The molecule has 1 spiro atoms. The molecule has 0 bridgehead atoms. The molecule has 0 aromatic heterocycles. The van der Waals surface area contributed by atoms with Crippen molar-refractivity contribution in [1.82, 2.24) is 15.1 Å². The lowest BCUT2D eigenvalue weighted by Gasteiger charge is -2.44. The molecular weight excluding hydrogens is 390 g/mol. The number of benzene rings is 1. The highest BCUT2D eigenvalue weighted by Gasteiger charge is 2.64. The second-order valence-electron chi connectivity index (χ2n) is 8.85. The van der Waals surface area contributed by atoms with Crippen molar-refractivity contribution >= 4 is 29.3 Å². The molecule has 1 N–H and O–H groups in total. The predicted octanol–water partition coefficient (Wildman–Crippen LogP) is 2.57. The van der Waals surface area contributed by atoms with Crippen LogP contribution in [0.25, 0.3) is 0 Å². The summed E-state index contributed by atoms with van der Waals surface area (Å²) in [6, 6.07) is 7.01. The summed E-state index contributed by atoms with van der Waals surface area (Å²) in [4.78, 5) is 41.5. The van der Waals surface area contributed by atoms with Gasteiger partial charge in [0.25, 0.3) is 5.91 Å². The van der Waals surface area contributed by atoms with Crippen molar-refractivity contribution in [3.63, 3.8) is 0 Å². The van der Waals surface area contributed by atoms with Gasteiger partial charge in [-0.25, -0.2) is 0 Å². The molecule has 2 saturated heterocycles. The minimum absolute atomic E-state index is 0.0213. The molecule has 7 heteroatoms. The molecule has 1 aromatic rings. The van der Waals surface area contributed by atoms with Gasteiger partial charge in [0.2, 0.25) is 11.8 Å². The Bertz CT molecular complexity index is 832. The van der Waals surface area contributed by atoms with E-state index in [0.717, 1.165) is 25.7 Å². The zero-order chi connectivity index (χ0) is 20.8. The van der Waals surface area contributed by atoms with Crippen molar-refractivity contribution in [2.24, 2.45) is 16.7 Å². The van der Waals surface area contributed by atoms with E-state index < -0.39 is 5.41 Å². The van der Waals surface area contributed by atoms with Gasteiger partial charge in [0.15, 0.2) is 0 Å². The Morgan fingerprint density at radius 1 is 1.03 bits per heavy atom. The number of nitrogens with zero attached hydrogens (tertiary/aromatic N) is 2. The summed E-state index contributed by atoms with van der Waals surface area (Å²) >= 11 is 5.93. The van der Waals surface area contributed by atoms with Crippen molar-refractivity contribution in [3.8, 4) is 0 Å². The second kappa shape index (κ2) is 7.31. The molecule has 1 saturated carbocycles. The maximum Gasteiger partial charge on any atom is 0.253 e. The number of rotatable bonds is 2. The Balaban J connectivity index is 1.52. The fourth-order valence-corrected chi connectivity index (χ4v) is 6.08. The van der Waals surface area contributed by atoms with Gasteiger partial charge < -0.3 is 15.1 Å². The molecule has 1 aromatic carbocycles. The third-order valence-electron chi connectivity index (χ3n) is 7.61. The Morgan fingerprint density at radius 2 is 1.69 bits per heavy atom. The van der Waals surface area contributed by atoms with Crippen LogP contribution in [0.15, 0.2) is 24.3 Å². The van der Waals surface area contributed by atoms with Crippen LogP contribution in [-0.4, -0.2) is 60.7 Å². The largest absolute Gasteiger partial charge is 0.359 e. The van der Waals surface area contributed by atoms with Gasteiger partial charge in [0.05, 0.1) is 5.41 Å². The minimum Gasteiger partial charge on any atom is -0.359 e. The van der Waals surface area contributed by atoms with Crippen molar-refractivity contribution < 1.29 is 14.4 Å². The first-order chi connectivity index (χ1) is 13.8. The molecule has 6 nitrogen and oxygen atoms in total. The van der Waals surface area contributed by atoms with Gasteiger partial charge in [-0.3, -0.25) is 14.4 Å². The van der Waals surface area contributed by atoms with Gasteiger partial charge in [-0.1, -0.05) is 11.6 Å². The molecule has 4 rings (SSSR count). The van der Waals surface area contributed by atoms with Crippen molar-refractivity contribution in [2.45, 2.75) is 32.6 Å². The second-order valence-corrected chi connectivity index (χ2v) is 9.29. The lowest BCUT2D eigenvalue weighted by Crippen LogP contribution is -2.49. The first kappa shape index (κ1) is 20.2. The number of hydrogen-bond donors (Lipinski definition) is 1. The number of fused-ring (bicyclic) bond motifs is 2. The van der Waals surface area contributed by atoms with Crippen LogP contribution in [0.5, 0.6) is 0 Å². The van der Waals surface area contributed by atoms with E-state index >= 15 is 0 Å². The highest BCUT2D eigenvalue weighted by Crippen LogP contribution is 2.62. The van der Waals surface area contributed by atoms with E-state index in [9.17, 15) is 14.4 Å². The first-order valence-corrected chi connectivity index (χ1v) is 10.7. The zero-order valence-electron chi connectivity index (χ0n) is 17.0. The van der Waals surface area contributed by atoms with Crippen molar-refractivity contribution in [2.75, 3.05) is 33.2 Å². The maximum absolute atomic E-state index is 12.9. The van der Waals surface area contributed by atoms with Gasteiger partial charge >= 0.3 is 0 Å². The maximum atomic E-state index is 12.9. The average Bonchev–Trinajstić information content (AvgIpc) is 3.26. The number of likely N-dealkylation sites (tertiary alicyclic amines) is 2. The lowest BCUT2D eigenvalue weighted by molar-refractivity contribution is -0.133. The Kier molecular flexibility index (Phi) is 5.09. The number of carbonyl (C=O) groups is 3. The summed E-state index contributed by atoms with van der Waals surface area (Å²) in [6.45, 7) is 4.11. The molecule has 156 valence electrons. The normalized spacial score (nSPS) is 27.8. The van der Waals surface area contributed by atoms with Crippen LogP contribution in [0.2, 0.25) is 5.02 Å². The SMILES string of the molecule is CNC(=O)[C@@]12CCC3(CCN(C(=O)c4ccc(Cl)cc4)CC3)[C@@H]1CN(C(C)=O)C2. The van der Waals surface area contributed by atoms with Gasteiger partial charge in [-0.15, -0.1) is 0 Å². The number of halogens is 1. The van der Waals surface area contributed by atoms with Crippen LogP contribution in [0.3, 0.4) is 0 Å². The summed E-state index contributed by atoms with van der Waals surface area (Å²) in [6.07, 6.45) is 3.55.